The van der Waals surface area contributed by atoms with Crippen LogP contribution >= 0.6 is 24.0 Å². The van der Waals surface area contributed by atoms with Crippen molar-refractivity contribution >= 4 is 51.7 Å². The van der Waals surface area contributed by atoms with E-state index < -0.39 is 0 Å². The highest BCUT2D eigenvalue weighted by Crippen LogP contribution is 2.35. The fourth-order valence-corrected chi connectivity index (χ4v) is 5.63. The molecule has 2 saturated heterocycles. The van der Waals surface area contributed by atoms with Crippen LogP contribution in [-0.2, 0) is 11.3 Å². The van der Waals surface area contributed by atoms with Crippen LogP contribution in [-0.4, -0.2) is 37.1 Å². The fourth-order valence-electron chi connectivity index (χ4n) is 4.39. The number of carbonyl (C=O) groups is 1. The summed E-state index contributed by atoms with van der Waals surface area (Å²) in [5.41, 5.74) is 1.51. The average Bonchev–Trinajstić information content (AvgIpc) is 3.10. The van der Waals surface area contributed by atoms with Gasteiger partial charge in [0.15, 0.2) is 0 Å². The lowest BCUT2D eigenvalue weighted by atomic mass is 10.0. The average molecular weight is 495 g/mol. The third-order valence-corrected chi connectivity index (χ3v) is 7.60. The molecule has 34 heavy (non-hydrogen) atoms. The fraction of sp³-hybridized carbons (Fsp3) is 0.280. The summed E-state index contributed by atoms with van der Waals surface area (Å²) in [6.07, 6.45) is 6.51. The van der Waals surface area contributed by atoms with Gasteiger partial charge in [0.2, 0.25) is 0 Å². The lowest BCUT2D eigenvalue weighted by molar-refractivity contribution is -0.122. The summed E-state index contributed by atoms with van der Waals surface area (Å²) < 4.78 is 15.2. The number of pyridine rings is 1. The van der Waals surface area contributed by atoms with Crippen molar-refractivity contribution in [2.45, 2.75) is 38.8 Å². The first kappa shape index (κ1) is 22.7. The minimum absolute atomic E-state index is 0.220. The Bertz CT molecular complexity index is 1370. The number of nitrogens with zero attached hydrogens (tertiary/aromatic N) is 4. The Labute approximate surface area is 206 Å². The molecule has 0 bridgehead atoms. The van der Waals surface area contributed by atoms with E-state index in [2.05, 4.69) is 11.8 Å². The predicted molar refractivity (Wildman–Crippen MR) is 137 cm³/mol. The van der Waals surface area contributed by atoms with Crippen molar-refractivity contribution in [2.75, 3.05) is 11.4 Å². The van der Waals surface area contributed by atoms with Gasteiger partial charge in [-0.1, -0.05) is 42.2 Å². The lowest BCUT2D eigenvalue weighted by Crippen LogP contribution is -2.40. The maximum atomic E-state index is 13.5. The molecule has 2 aliphatic rings. The second kappa shape index (κ2) is 9.31. The van der Waals surface area contributed by atoms with E-state index >= 15 is 0 Å². The molecule has 3 aromatic rings. The highest BCUT2D eigenvalue weighted by atomic mass is 32.2. The number of hydrogen-bond acceptors (Lipinski definition) is 6. The molecule has 174 valence electrons. The highest BCUT2D eigenvalue weighted by molar-refractivity contribution is 8.26. The van der Waals surface area contributed by atoms with Gasteiger partial charge in [-0.2, -0.15) is 0 Å². The number of aromatic nitrogens is 2. The lowest BCUT2D eigenvalue weighted by Gasteiger charge is -2.35. The standard InChI is InChI=1S/C25H23FN4O2S2/c1-16-6-2-4-12-28(16)22-19(23(31)29-13-5-3-7-21(29)27-22)14-20-24(32)30(25(33)34-20)15-17-8-10-18(26)11-9-17/h3,5,7-11,13-14,16H,2,4,6,12,15H2,1H3. The molecular weight excluding hydrogens is 471 g/mol. The number of fused-ring (bicyclic) bond motifs is 1. The van der Waals surface area contributed by atoms with Crippen LogP contribution in [0.4, 0.5) is 10.2 Å². The Morgan fingerprint density at radius 3 is 2.74 bits per heavy atom. The quantitative estimate of drug-likeness (QED) is 0.390. The topological polar surface area (TPSA) is 57.9 Å². The second-order valence-electron chi connectivity index (χ2n) is 8.52. The molecule has 0 aliphatic carbocycles. The molecule has 2 aliphatic heterocycles. The molecule has 0 spiro atoms. The molecule has 2 aromatic heterocycles. The van der Waals surface area contributed by atoms with Crippen LogP contribution in [0.5, 0.6) is 0 Å². The maximum absolute atomic E-state index is 13.5. The third-order valence-electron chi connectivity index (χ3n) is 6.23. The van der Waals surface area contributed by atoms with Gasteiger partial charge in [0.25, 0.3) is 11.5 Å². The zero-order valence-electron chi connectivity index (χ0n) is 18.6. The summed E-state index contributed by atoms with van der Waals surface area (Å²) in [6.45, 7) is 3.19. The van der Waals surface area contributed by atoms with Crippen LogP contribution in [0.3, 0.4) is 0 Å². The summed E-state index contributed by atoms with van der Waals surface area (Å²) in [5.74, 6) is -0.000450. The van der Waals surface area contributed by atoms with E-state index in [1.54, 1.807) is 30.5 Å². The number of rotatable bonds is 4. The molecule has 0 N–H and O–H groups in total. The number of amides is 1. The molecule has 1 unspecified atom stereocenters. The number of thioether (sulfide) groups is 1. The Balaban J connectivity index is 1.56. The zero-order valence-corrected chi connectivity index (χ0v) is 20.2. The maximum Gasteiger partial charge on any atom is 0.267 e. The summed E-state index contributed by atoms with van der Waals surface area (Å²) in [5, 5.41) is 0. The highest BCUT2D eigenvalue weighted by Gasteiger charge is 2.33. The molecule has 4 heterocycles. The molecule has 6 nitrogen and oxygen atoms in total. The van der Waals surface area contributed by atoms with E-state index in [0.717, 1.165) is 31.4 Å². The Morgan fingerprint density at radius 2 is 1.97 bits per heavy atom. The Morgan fingerprint density at radius 1 is 1.18 bits per heavy atom. The van der Waals surface area contributed by atoms with Gasteiger partial charge in [0.05, 0.1) is 17.0 Å². The van der Waals surface area contributed by atoms with Crippen LogP contribution in [0.1, 0.15) is 37.3 Å². The number of anilines is 1. The van der Waals surface area contributed by atoms with E-state index in [-0.39, 0.29) is 29.9 Å². The number of benzene rings is 1. The van der Waals surface area contributed by atoms with Gasteiger partial charge in [-0.15, -0.1) is 0 Å². The van der Waals surface area contributed by atoms with Gasteiger partial charge in [0, 0.05) is 18.8 Å². The second-order valence-corrected chi connectivity index (χ2v) is 10.2. The summed E-state index contributed by atoms with van der Waals surface area (Å²) in [7, 11) is 0. The van der Waals surface area contributed by atoms with Crippen molar-refractivity contribution < 1.29 is 9.18 Å². The zero-order chi connectivity index (χ0) is 23.8. The number of halogens is 1. The number of hydrogen-bond donors (Lipinski definition) is 0. The molecule has 1 amide bonds. The predicted octanol–water partition coefficient (Wildman–Crippen LogP) is 4.61. The van der Waals surface area contributed by atoms with E-state index in [4.69, 9.17) is 17.2 Å². The van der Waals surface area contributed by atoms with Gasteiger partial charge >= 0.3 is 0 Å². The van der Waals surface area contributed by atoms with Gasteiger partial charge in [-0.25, -0.2) is 9.37 Å². The smallest absolute Gasteiger partial charge is 0.267 e. The van der Waals surface area contributed by atoms with Gasteiger partial charge in [0.1, 0.15) is 21.6 Å². The molecule has 5 rings (SSSR count). The molecule has 1 aromatic carbocycles. The minimum atomic E-state index is -0.335. The number of piperidine rings is 1. The first-order valence-electron chi connectivity index (χ1n) is 11.2. The number of carbonyl (C=O) groups excluding carboxylic acids is 1. The summed E-state index contributed by atoms with van der Waals surface area (Å²) >= 11 is 6.64. The van der Waals surface area contributed by atoms with E-state index in [1.807, 2.05) is 12.1 Å². The van der Waals surface area contributed by atoms with Crippen LogP contribution in [0, 0.1) is 5.82 Å². The van der Waals surface area contributed by atoms with Gasteiger partial charge in [-0.05, 0) is 62.1 Å². The number of thiocarbonyl (C=S) groups is 1. The van der Waals surface area contributed by atoms with Crippen LogP contribution < -0.4 is 10.5 Å². The monoisotopic (exact) mass is 494 g/mol. The largest absolute Gasteiger partial charge is 0.353 e. The van der Waals surface area contributed by atoms with Crippen molar-refractivity contribution in [2.24, 2.45) is 0 Å². The van der Waals surface area contributed by atoms with Crippen molar-refractivity contribution in [3.63, 3.8) is 0 Å². The van der Waals surface area contributed by atoms with Crippen LogP contribution in [0.25, 0.3) is 11.7 Å². The van der Waals surface area contributed by atoms with E-state index in [0.29, 0.717) is 26.3 Å². The Hall–Kier alpha value is -3.04. The van der Waals surface area contributed by atoms with Crippen molar-refractivity contribution in [3.05, 3.63) is 80.9 Å². The van der Waals surface area contributed by atoms with Gasteiger partial charge < -0.3 is 4.90 Å². The normalized spacial score (nSPS) is 20.1. The molecule has 9 heteroatoms. The minimum Gasteiger partial charge on any atom is -0.353 e. The summed E-state index contributed by atoms with van der Waals surface area (Å²) in [4.78, 5) is 35.6. The molecule has 2 fully saturated rings. The first-order valence-corrected chi connectivity index (χ1v) is 12.4. The van der Waals surface area contributed by atoms with E-state index in [9.17, 15) is 14.0 Å². The van der Waals surface area contributed by atoms with Gasteiger partial charge in [-0.3, -0.25) is 18.9 Å². The van der Waals surface area contributed by atoms with Crippen molar-refractivity contribution in [3.8, 4) is 0 Å². The van der Waals surface area contributed by atoms with Crippen LogP contribution in [0.2, 0.25) is 0 Å². The molecule has 0 radical (unpaired) electrons. The summed E-state index contributed by atoms with van der Waals surface area (Å²) in [6, 6.07) is 11.7. The Kier molecular flexibility index (Phi) is 6.22. The molecular formula is C25H23FN4O2S2. The first-order chi connectivity index (χ1) is 16.4. The molecule has 0 saturated carbocycles. The SMILES string of the molecule is CC1CCCCN1c1nc2ccccn2c(=O)c1C=C1SC(=S)N(Cc2ccc(F)cc2)C1=O. The van der Waals surface area contributed by atoms with Crippen molar-refractivity contribution in [1.82, 2.24) is 14.3 Å². The third kappa shape index (κ3) is 4.25. The van der Waals surface area contributed by atoms with Crippen LogP contribution in [0.15, 0.2) is 58.4 Å². The van der Waals surface area contributed by atoms with Crippen molar-refractivity contribution in [1.29, 1.82) is 0 Å². The van der Waals surface area contributed by atoms with E-state index in [1.165, 1.54) is 33.2 Å². The molecule has 1 atom stereocenters.